The second-order valence-corrected chi connectivity index (χ2v) is 11.2. The van der Waals surface area contributed by atoms with Crippen molar-refractivity contribution in [1.29, 1.82) is 0 Å². The van der Waals surface area contributed by atoms with Crippen LogP contribution in [-0.2, 0) is 5.41 Å². The molecule has 2 heterocycles. The minimum atomic E-state index is -0.0278. The molecule has 1 saturated heterocycles. The number of nitrogen functional groups attached to an aromatic ring is 1. The maximum absolute atomic E-state index is 6.55. The minimum absolute atomic E-state index is 0.0278. The zero-order chi connectivity index (χ0) is 25.6. The number of hydrogen-bond donors (Lipinski definition) is 1. The molecule has 1 aliphatic heterocycles. The van der Waals surface area contributed by atoms with Gasteiger partial charge in [0.05, 0.1) is 28.5 Å². The minimum Gasteiger partial charge on any atom is -0.397 e. The van der Waals surface area contributed by atoms with E-state index in [4.69, 9.17) is 5.73 Å². The van der Waals surface area contributed by atoms with Crippen molar-refractivity contribution >= 4 is 33.2 Å². The monoisotopic (exact) mass is 491 g/mol. The summed E-state index contributed by atoms with van der Waals surface area (Å²) in [5.41, 5.74) is 17.8. The van der Waals surface area contributed by atoms with Crippen molar-refractivity contribution in [3.8, 4) is 11.1 Å². The molecule has 2 N–H and O–H groups in total. The van der Waals surface area contributed by atoms with E-state index in [9.17, 15) is 0 Å². The predicted octanol–water partition coefficient (Wildman–Crippen LogP) is 8.44. The fourth-order valence-corrected chi connectivity index (χ4v) is 7.05. The van der Waals surface area contributed by atoms with Crippen LogP contribution >= 0.6 is 0 Å². The zero-order valence-electron chi connectivity index (χ0n) is 21.6. The van der Waals surface area contributed by atoms with Crippen molar-refractivity contribution in [2.24, 2.45) is 0 Å². The predicted molar refractivity (Wildman–Crippen MR) is 159 cm³/mol. The SMILES string of the molecule is CC1(C)c2ccccc2-c2c1ccc1c2c2ccccc2n1C1[C@H](c2ccccc2)N1c1ccccc1N. The summed E-state index contributed by atoms with van der Waals surface area (Å²) >= 11 is 0. The van der Waals surface area contributed by atoms with E-state index in [-0.39, 0.29) is 17.6 Å². The van der Waals surface area contributed by atoms with Gasteiger partial charge in [0.1, 0.15) is 6.17 Å². The number of nitrogens with zero attached hydrogens (tertiary/aromatic N) is 2. The quantitative estimate of drug-likeness (QED) is 0.199. The number of benzene rings is 5. The first-order valence-electron chi connectivity index (χ1n) is 13.4. The number of hydrogen-bond acceptors (Lipinski definition) is 2. The first kappa shape index (κ1) is 21.6. The summed E-state index contributed by atoms with van der Waals surface area (Å²) in [5, 5.41) is 2.67. The van der Waals surface area contributed by atoms with Gasteiger partial charge in [0.2, 0.25) is 0 Å². The van der Waals surface area contributed by atoms with Gasteiger partial charge in [-0.3, -0.25) is 0 Å². The Kier molecular flexibility index (Phi) is 4.27. The van der Waals surface area contributed by atoms with Gasteiger partial charge >= 0.3 is 0 Å². The van der Waals surface area contributed by atoms with Crippen molar-refractivity contribution in [3.05, 3.63) is 132 Å². The van der Waals surface area contributed by atoms with Crippen molar-refractivity contribution in [3.63, 3.8) is 0 Å². The summed E-state index contributed by atoms with van der Waals surface area (Å²) in [4.78, 5) is 2.47. The van der Waals surface area contributed by atoms with Crippen LogP contribution in [0.5, 0.6) is 0 Å². The highest BCUT2D eigenvalue weighted by Gasteiger charge is 2.52. The van der Waals surface area contributed by atoms with E-state index in [1.54, 1.807) is 0 Å². The van der Waals surface area contributed by atoms with Gasteiger partial charge in [-0.25, -0.2) is 0 Å². The summed E-state index contributed by atoms with van der Waals surface area (Å²) in [7, 11) is 0. The van der Waals surface area contributed by atoms with Gasteiger partial charge < -0.3 is 15.2 Å². The lowest BCUT2D eigenvalue weighted by molar-refractivity contribution is 0.660. The topological polar surface area (TPSA) is 34.0 Å². The van der Waals surface area contributed by atoms with Crippen LogP contribution in [0, 0.1) is 0 Å². The van der Waals surface area contributed by atoms with E-state index in [1.165, 1.54) is 49.6 Å². The molecule has 0 bridgehead atoms. The molecule has 184 valence electrons. The average molecular weight is 492 g/mol. The molecular weight excluding hydrogens is 462 g/mol. The third kappa shape index (κ3) is 2.74. The molecule has 0 radical (unpaired) electrons. The lowest BCUT2D eigenvalue weighted by atomic mass is 9.82. The largest absolute Gasteiger partial charge is 0.397 e. The third-order valence-corrected chi connectivity index (χ3v) is 8.82. The standard InChI is InChI=1S/C35H29N3/c1-35(2)25-16-8-6-14-23(25)31-26(35)20-21-30-32(31)24-15-7-10-18-28(24)37(30)34-33(22-12-4-3-5-13-22)38(34)29-19-11-9-17-27(29)36/h3-21,33-34H,36H2,1-2H3/t33-,34?,38?/m0/s1. The highest BCUT2D eigenvalue weighted by molar-refractivity contribution is 6.17. The Balaban J connectivity index is 1.44. The second kappa shape index (κ2) is 7.52. The highest BCUT2D eigenvalue weighted by atomic mass is 15.5. The number of rotatable bonds is 3. The van der Waals surface area contributed by atoms with Gasteiger partial charge in [-0.05, 0) is 52.1 Å². The number of nitrogens with two attached hydrogens (primary N) is 1. The number of para-hydroxylation sites is 3. The van der Waals surface area contributed by atoms with Crippen LogP contribution in [-0.4, -0.2) is 4.57 Å². The van der Waals surface area contributed by atoms with Crippen molar-refractivity contribution in [2.75, 3.05) is 10.6 Å². The Morgan fingerprint density at radius 2 is 1.37 bits per heavy atom. The molecule has 0 spiro atoms. The zero-order valence-corrected chi connectivity index (χ0v) is 21.6. The summed E-state index contributed by atoms with van der Waals surface area (Å²) in [6, 6.07) is 41.9. The van der Waals surface area contributed by atoms with Crippen LogP contribution in [0.1, 0.15) is 42.7 Å². The first-order chi connectivity index (χ1) is 18.6. The fourth-order valence-electron chi connectivity index (χ4n) is 7.05. The van der Waals surface area contributed by atoms with Crippen LogP contribution < -0.4 is 10.6 Å². The Hall–Kier alpha value is -4.50. The van der Waals surface area contributed by atoms with Gasteiger partial charge in [0, 0.05) is 16.2 Å². The molecule has 5 aromatic carbocycles. The summed E-state index contributed by atoms with van der Waals surface area (Å²) in [5.74, 6) is 0. The maximum Gasteiger partial charge on any atom is 0.132 e. The molecule has 1 fully saturated rings. The second-order valence-electron chi connectivity index (χ2n) is 11.2. The fraction of sp³-hybridized carbons (Fsp3) is 0.143. The number of aromatic nitrogens is 1. The normalized spacial score (nSPS) is 19.1. The van der Waals surface area contributed by atoms with Crippen LogP contribution in [0.4, 0.5) is 11.4 Å². The Morgan fingerprint density at radius 3 is 2.21 bits per heavy atom. The first-order valence-corrected chi connectivity index (χ1v) is 13.4. The Labute approximate surface area is 222 Å². The molecule has 38 heavy (non-hydrogen) atoms. The molecule has 3 heteroatoms. The Bertz CT molecular complexity index is 1880. The van der Waals surface area contributed by atoms with Gasteiger partial charge in [-0.1, -0.05) is 105 Å². The van der Waals surface area contributed by atoms with E-state index in [2.05, 4.69) is 126 Å². The summed E-state index contributed by atoms with van der Waals surface area (Å²) < 4.78 is 2.56. The highest BCUT2D eigenvalue weighted by Crippen LogP contribution is 2.59. The maximum atomic E-state index is 6.55. The van der Waals surface area contributed by atoms with Crippen LogP contribution in [0.2, 0.25) is 0 Å². The van der Waals surface area contributed by atoms with Gasteiger partial charge in [-0.15, -0.1) is 0 Å². The van der Waals surface area contributed by atoms with Crippen molar-refractivity contribution in [1.82, 2.24) is 4.57 Å². The Morgan fingerprint density at radius 1 is 0.658 bits per heavy atom. The molecule has 3 nitrogen and oxygen atoms in total. The third-order valence-electron chi connectivity index (χ3n) is 8.82. The van der Waals surface area contributed by atoms with Crippen LogP contribution in [0.15, 0.2) is 115 Å². The average Bonchev–Trinajstić information content (AvgIpc) is 3.51. The molecule has 6 aromatic rings. The lowest BCUT2D eigenvalue weighted by Gasteiger charge is -2.21. The van der Waals surface area contributed by atoms with Crippen LogP contribution in [0.25, 0.3) is 32.9 Å². The summed E-state index contributed by atoms with van der Waals surface area (Å²) in [6.45, 7) is 4.71. The molecule has 1 aromatic heterocycles. The molecule has 8 rings (SSSR count). The molecule has 0 amide bonds. The van der Waals surface area contributed by atoms with E-state index in [0.29, 0.717) is 0 Å². The molecular formula is C35H29N3. The van der Waals surface area contributed by atoms with Crippen molar-refractivity contribution in [2.45, 2.75) is 31.5 Å². The van der Waals surface area contributed by atoms with E-state index >= 15 is 0 Å². The van der Waals surface area contributed by atoms with E-state index in [1.807, 2.05) is 12.1 Å². The summed E-state index contributed by atoms with van der Waals surface area (Å²) in [6.07, 6.45) is 0.132. The van der Waals surface area contributed by atoms with E-state index < -0.39 is 0 Å². The van der Waals surface area contributed by atoms with Gasteiger partial charge in [0.25, 0.3) is 0 Å². The van der Waals surface area contributed by atoms with Gasteiger partial charge in [0.15, 0.2) is 0 Å². The van der Waals surface area contributed by atoms with Gasteiger partial charge in [-0.2, -0.15) is 0 Å². The lowest BCUT2D eigenvalue weighted by Crippen LogP contribution is -2.14. The molecule has 2 atom stereocenters. The molecule has 2 aliphatic rings. The molecule has 1 unspecified atom stereocenters. The van der Waals surface area contributed by atoms with Crippen molar-refractivity contribution < 1.29 is 0 Å². The molecule has 1 aliphatic carbocycles. The number of anilines is 2. The molecule has 0 saturated carbocycles. The number of fused-ring (bicyclic) bond motifs is 7. The van der Waals surface area contributed by atoms with Crippen LogP contribution in [0.3, 0.4) is 0 Å². The smallest absolute Gasteiger partial charge is 0.132 e. The van der Waals surface area contributed by atoms with E-state index in [0.717, 1.165) is 11.4 Å².